The summed E-state index contributed by atoms with van der Waals surface area (Å²) in [6, 6.07) is 11.9. The first kappa shape index (κ1) is 31.2. The van der Waals surface area contributed by atoms with Crippen LogP contribution in [0, 0.1) is 5.82 Å². The fourth-order valence-corrected chi connectivity index (χ4v) is 3.69. The number of carbonyl (C=O) groups excluding carboxylic acids is 2. The molecule has 0 fully saturated rings. The van der Waals surface area contributed by atoms with Crippen LogP contribution in [-0.4, -0.2) is 55.4 Å². The number of hydrogen-bond donors (Lipinski definition) is 3. The molecule has 0 atom stereocenters. The Labute approximate surface area is 242 Å². The number of benzene rings is 3. The molecule has 3 N–H and O–H groups in total. The first-order chi connectivity index (χ1) is 20.5. The van der Waals surface area contributed by atoms with E-state index in [0.717, 1.165) is 5.06 Å². The SMILES string of the molecule is COCCOCCON(C(C)=O)c1nc2ccc(Oc3ccc(NC(=O)Nc4cc(C(F)(F)F)ccc4F)cc3)cc2[nH]1. The molecule has 3 aromatic carbocycles. The molecule has 3 amide bonds. The van der Waals surface area contributed by atoms with Gasteiger partial charge in [-0.3, -0.25) is 9.63 Å². The van der Waals surface area contributed by atoms with Crippen molar-refractivity contribution >= 4 is 40.3 Å². The summed E-state index contributed by atoms with van der Waals surface area (Å²) >= 11 is 0. The standard InChI is InChI=1S/C28H27F4N5O6/c1-17(38)37(42-14-13-41-12-11-40-2)26-34-23-10-8-21(16-25(23)35-26)43-20-6-4-19(5-7-20)33-27(39)36-24-15-18(28(30,31)32)3-9-22(24)29/h3-10,15-16H,11-14H2,1-2H3,(H,34,35)(H2,33,36,39). The molecule has 0 spiro atoms. The highest BCUT2D eigenvalue weighted by molar-refractivity contribution is 6.00. The highest BCUT2D eigenvalue weighted by atomic mass is 19.4. The number of aromatic amines is 1. The number of hydrogen-bond acceptors (Lipinski definition) is 7. The van der Waals surface area contributed by atoms with E-state index in [1.165, 1.54) is 19.1 Å². The number of carbonyl (C=O) groups is 2. The van der Waals surface area contributed by atoms with Gasteiger partial charge < -0.3 is 29.8 Å². The van der Waals surface area contributed by atoms with Gasteiger partial charge in [-0.1, -0.05) is 0 Å². The zero-order valence-electron chi connectivity index (χ0n) is 23.0. The van der Waals surface area contributed by atoms with E-state index in [-0.39, 0.29) is 24.8 Å². The Hall–Kier alpha value is -4.73. The minimum atomic E-state index is -4.69. The van der Waals surface area contributed by atoms with Crippen molar-refractivity contribution in [1.82, 2.24) is 9.97 Å². The molecular weight excluding hydrogens is 578 g/mol. The Morgan fingerprint density at radius 3 is 2.35 bits per heavy atom. The number of ether oxygens (including phenoxy) is 3. The van der Waals surface area contributed by atoms with E-state index >= 15 is 0 Å². The second-order valence-electron chi connectivity index (χ2n) is 8.89. The number of H-pyrrole nitrogens is 1. The summed E-state index contributed by atoms with van der Waals surface area (Å²) in [6.07, 6.45) is -4.69. The molecule has 0 aliphatic rings. The number of aromatic nitrogens is 2. The van der Waals surface area contributed by atoms with Crippen LogP contribution >= 0.6 is 0 Å². The van der Waals surface area contributed by atoms with Crippen LogP contribution in [0.3, 0.4) is 0 Å². The van der Waals surface area contributed by atoms with Crippen LogP contribution in [0.4, 0.5) is 39.7 Å². The second kappa shape index (κ2) is 14.0. The first-order valence-electron chi connectivity index (χ1n) is 12.8. The van der Waals surface area contributed by atoms with Gasteiger partial charge in [0.2, 0.25) is 11.9 Å². The van der Waals surface area contributed by atoms with Crippen LogP contribution < -0.4 is 20.4 Å². The van der Waals surface area contributed by atoms with Crippen LogP contribution in [0.25, 0.3) is 11.0 Å². The van der Waals surface area contributed by atoms with Gasteiger partial charge >= 0.3 is 12.2 Å². The van der Waals surface area contributed by atoms with E-state index in [2.05, 4.69) is 20.6 Å². The summed E-state index contributed by atoms with van der Waals surface area (Å²) in [4.78, 5) is 37.3. The maximum Gasteiger partial charge on any atom is 0.416 e. The number of fused-ring (bicyclic) bond motifs is 1. The van der Waals surface area contributed by atoms with Crippen molar-refractivity contribution in [1.29, 1.82) is 0 Å². The normalized spacial score (nSPS) is 11.4. The number of nitrogens with zero attached hydrogens (tertiary/aromatic N) is 2. The third-order valence-corrected chi connectivity index (χ3v) is 5.69. The molecule has 0 saturated carbocycles. The van der Waals surface area contributed by atoms with E-state index in [1.54, 1.807) is 37.4 Å². The quantitative estimate of drug-likeness (QED) is 0.101. The number of amides is 3. The highest BCUT2D eigenvalue weighted by Gasteiger charge is 2.31. The number of alkyl halides is 3. The Bertz CT molecular complexity index is 1560. The van der Waals surface area contributed by atoms with Crippen LogP contribution in [0.15, 0.2) is 60.7 Å². The van der Waals surface area contributed by atoms with Crippen LogP contribution in [0.2, 0.25) is 0 Å². The molecule has 1 aromatic heterocycles. The topological polar surface area (TPSA) is 127 Å². The molecule has 15 heteroatoms. The fraction of sp³-hybridized carbons (Fsp3) is 0.250. The third-order valence-electron chi connectivity index (χ3n) is 5.69. The van der Waals surface area contributed by atoms with Gasteiger partial charge in [-0.05, 0) is 54.6 Å². The molecule has 4 aromatic rings. The smallest absolute Gasteiger partial charge is 0.416 e. The number of rotatable bonds is 12. The van der Waals surface area contributed by atoms with Crippen molar-refractivity contribution in [2.45, 2.75) is 13.1 Å². The van der Waals surface area contributed by atoms with Gasteiger partial charge in [-0.2, -0.15) is 18.2 Å². The number of halogens is 4. The molecule has 228 valence electrons. The van der Waals surface area contributed by atoms with E-state index in [1.807, 2.05) is 0 Å². The summed E-state index contributed by atoms with van der Waals surface area (Å²) in [5, 5.41) is 5.52. The minimum Gasteiger partial charge on any atom is -0.457 e. The largest absolute Gasteiger partial charge is 0.457 e. The number of urea groups is 1. The van der Waals surface area contributed by atoms with E-state index in [4.69, 9.17) is 19.0 Å². The number of anilines is 3. The molecule has 0 radical (unpaired) electrons. The monoisotopic (exact) mass is 605 g/mol. The van der Waals surface area contributed by atoms with Crippen LogP contribution in [0.1, 0.15) is 12.5 Å². The lowest BCUT2D eigenvalue weighted by Crippen LogP contribution is -2.31. The van der Waals surface area contributed by atoms with E-state index in [9.17, 15) is 27.2 Å². The van der Waals surface area contributed by atoms with Gasteiger partial charge in [0.05, 0.1) is 48.7 Å². The molecule has 0 unspecified atom stereocenters. The summed E-state index contributed by atoms with van der Waals surface area (Å²) in [6.45, 7) is 2.53. The van der Waals surface area contributed by atoms with Gasteiger partial charge in [-0.25, -0.2) is 14.2 Å². The Morgan fingerprint density at radius 1 is 0.930 bits per heavy atom. The molecule has 0 aliphatic heterocycles. The van der Waals surface area contributed by atoms with Crippen molar-refractivity contribution < 1.29 is 46.2 Å². The maximum atomic E-state index is 13.9. The predicted molar refractivity (Wildman–Crippen MR) is 148 cm³/mol. The van der Waals surface area contributed by atoms with Crippen molar-refractivity contribution in [2.75, 3.05) is 49.2 Å². The Balaban J connectivity index is 1.35. The molecule has 4 rings (SSSR count). The molecule has 43 heavy (non-hydrogen) atoms. The molecule has 0 saturated heterocycles. The molecule has 0 bridgehead atoms. The lowest BCUT2D eigenvalue weighted by molar-refractivity contribution is -0.137. The lowest BCUT2D eigenvalue weighted by atomic mass is 10.2. The van der Waals surface area contributed by atoms with Gasteiger partial charge in [0.15, 0.2) is 0 Å². The number of nitrogens with one attached hydrogen (secondary N) is 3. The second-order valence-corrected chi connectivity index (χ2v) is 8.89. The van der Waals surface area contributed by atoms with Gasteiger partial charge in [-0.15, -0.1) is 0 Å². The molecular formula is C28H27F4N5O6. The van der Waals surface area contributed by atoms with Gasteiger partial charge in [0.25, 0.3) is 0 Å². The summed E-state index contributed by atoms with van der Waals surface area (Å²) in [5.74, 6) is -0.401. The summed E-state index contributed by atoms with van der Waals surface area (Å²) in [7, 11) is 1.56. The zero-order chi connectivity index (χ0) is 31.0. The average molecular weight is 606 g/mol. The van der Waals surface area contributed by atoms with Crippen molar-refractivity contribution in [3.05, 3.63) is 72.0 Å². The number of hydroxylamine groups is 1. The zero-order valence-corrected chi connectivity index (χ0v) is 23.0. The summed E-state index contributed by atoms with van der Waals surface area (Å²) < 4.78 is 68.7. The molecule has 11 nitrogen and oxygen atoms in total. The molecule has 1 heterocycles. The highest BCUT2D eigenvalue weighted by Crippen LogP contribution is 2.32. The molecule has 0 aliphatic carbocycles. The third kappa shape index (κ3) is 8.64. The predicted octanol–water partition coefficient (Wildman–Crippen LogP) is 6.10. The Kier molecular flexibility index (Phi) is 10.1. The Morgan fingerprint density at radius 2 is 1.65 bits per heavy atom. The fourth-order valence-electron chi connectivity index (χ4n) is 3.69. The van der Waals surface area contributed by atoms with Gasteiger partial charge in [0, 0.05) is 25.8 Å². The van der Waals surface area contributed by atoms with Crippen molar-refractivity contribution in [3.63, 3.8) is 0 Å². The average Bonchev–Trinajstić information content (AvgIpc) is 3.37. The van der Waals surface area contributed by atoms with Gasteiger partial charge in [0.1, 0.15) is 17.3 Å². The minimum absolute atomic E-state index is 0.114. The van der Waals surface area contributed by atoms with Crippen LogP contribution in [-0.2, 0) is 25.3 Å². The number of methoxy groups -OCH3 is 1. The lowest BCUT2D eigenvalue weighted by Gasteiger charge is -2.17. The number of imidazole rings is 1. The van der Waals surface area contributed by atoms with Crippen molar-refractivity contribution in [3.8, 4) is 11.5 Å². The van der Waals surface area contributed by atoms with Crippen molar-refractivity contribution in [2.24, 2.45) is 0 Å². The summed E-state index contributed by atoms with van der Waals surface area (Å²) in [5.41, 5.74) is -0.319. The maximum absolute atomic E-state index is 13.9. The van der Waals surface area contributed by atoms with Crippen LogP contribution in [0.5, 0.6) is 11.5 Å². The van der Waals surface area contributed by atoms with E-state index < -0.39 is 35.2 Å². The van der Waals surface area contributed by atoms with E-state index in [0.29, 0.717) is 53.9 Å². The first-order valence-corrected chi connectivity index (χ1v) is 12.8.